The molecule has 0 aromatic heterocycles. The Balaban J connectivity index is 3.40. The molecule has 1 unspecified atom stereocenters. The third-order valence-electron chi connectivity index (χ3n) is 2.61. The molecule has 0 aliphatic heterocycles. The molecule has 0 saturated carbocycles. The van der Waals surface area contributed by atoms with Gasteiger partial charge < -0.3 is 24.1 Å². The number of hydrogen-bond donors (Lipinski definition) is 1. The summed E-state index contributed by atoms with van der Waals surface area (Å²) in [6.07, 6.45) is -1.49. The van der Waals surface area contributed by atoms with E-state index in [0.29, 0.717) is 16.0 Å². The SMILES string of the molecule is CCOC(=O)C(O)c1c(OC)cc(OC)c(OC)c1Br. The predicted octanol–water partition coefficient (Wildman–Crippen LogP) is 2.07. The van der Waals surface area contributed by atoms with E-state index in [0.717, 1.165) is 0 Å². The van der Waals surface area contributed by atoms with Gasteiger partial charge in [0.25, 0.3) is 0 Å². The largest absolute Gasteiger partial charge is 0.496 e. The smallest absolute Gasteiger partial charge is 0.339 e. The quantitative estimate of drug-likeness (QED) is 0.793. The molecular weight excluding hydrogens is 332 g/mol. The number of halogens is 1. The third-order valence-corrected chi connectivity index (χ3v) is 3.40. The highest BCUT2D eigenvalue weighted by atomic mass is 79.9. The second-order valence-corrected chi connectivity index (χ2v) is 4.49. The molecule has 0 heterocycles. The van der Waals surface area contributed by atoms with Crippen LogP contribution in [-0.2, 0) is 9.53 Å². The van der Waals surface area contributed by atoms with Gasteiger partial charge in [0.2, 0.25) is 0 Å². The average molecular weight is 349 g/mol. The van der Waals surface area contributed by atoms with Crippen LogP contribution >= 0.6 is 15.9 Å². The van der Waals surface area contributed by atoms with Gasteiger partial charge in [0.15, 0.2) is 17.6 Å². The number of esters is 1. The van der Waals surface area contributed by atoms with Gasteiger partial charge in [-0.3, -0.25) is 0 Å². The molecule has 1 atom stereocenters. The van der Waals surface area contributed by atoms with Gasteiger partial charge in [0, 0.05) is 6.07 Å². The van der Waals surface area contributed by atoms with Gasteiger partial charge in [-0.1, -0.05) is 0 Å². The van der Waals surface area contributed by atoms with Crippen LogP contribution in [0.25, 0.3) is 0 Å². The first-order valence-electron chi connectivity index (χ1n) is 5.84. The lowest BCUT2D eigenvalue weighted by atomic mass is 10.1. The minimum Gasteiger partial charge on any atom is -0.496 e. The number of carbonyl (C=O) groups excluding carboxylic acids is 1. The van der Waals surface area contributed by atoms with Crippen LogP contribution in [0.1, 0.15) is 18.6 Å². The molecule has 0 spiro atoms. The Bertz CT molecular complexity index is 488. The summed E-state index contributed by atoms with van der Waals surface area (Å²) in [6, 6.07) is 1.53. The van der Waals surface area contributed by atoms with Crippen LogP contribution in [0.15, 0.2) is 10.5 Å². The van der Waals surface area contributed by atoms with E-state index in [2.05, 4.69) is 15.9 Å². The average Bonchev–Trinajstić information content (AvgIpc) is 2.45. The van der Waals surface area contributed by atoms with E-state index in [1.807, 2.05) is 0 Å². The fourth-order valence-corrected chi connectivity index (χ4v) is 2.48. The van der Waals surface area contributed by atoms with Crippen LogP contribution in [0.4, 0.5) is 0 Å². The highest BCUT2D eigenvalue weighted by Crippen LogP contribution is 2.45. The minimum absolute atomic E-state index is 0.170. The molecule has 1 rings (SSSR count). The molecule has 0 bridgehead atoms. The number of rotatable bonds is 6. The summed E-state index contributed by atoms with van der Waals surface area (Å²) >= 11 is 3.29. The first-order valence-corrected chi connectivity index (χ1v) is 6.64. The molecule has 1 aromatic rings. The molecule has 1 aromatic carbocycles. The Morgan fingerprint density at radius 3 is 2.30 bits per heavy atom. The Morgan fingerprint density at radius 2 is 1.85 bits per heavy atom. The Hall–Kier alpha value is -1.47. The van der Waals surface area contributed by atoms with Crippen molar-refractivity contribution in [3.63, 3.8) is 0 Å². The van der Waals surface area contributed by atoms with Crippen LogP contribution < -0.4 is 14.2 Å². The van der Waals surface area contributed by atoms with E-state index in [-0.39, 0.29) is 17.9 Å². The fraction of sp³-hybridized carbons (Fsp3) is 0.462. The summed E-state index contributed by atoms with van der Waals surface area (Å²) in [5.74, 6) is 0.288. The summed E-state index contributed by atoms with van der Waals surface area (Å²) in [5, 5.41) is 10.1. The number of benzene rings is 1. The van der Waals surface area contributed by atoms with Crippen LogP contribution in [-0.4, -0.2) is 39.0 Å². The van der Waals surface area contributed by atoms with Crippen molar-refractivity contribution < 1.29 is 28.8 Å². The summed E-state index contributed by atoms with van der Waals surface area (Å²) in [7, 11) is 4.36. The molecule has 6 nitrogen and oxygen atoms in total. The van der Waals surface area contributed by atoms with Gasteiger partial charge in [-0.25, -0.2) is 4.79 Å². The Morgan fingerprint density at radius 1 is 1.25 bits per heavy atom. The van der Waals surface area contributed by atoms with Crippen LogP contribution in [0.5, 0.6) is 17.2 Å². The predicted molar refractivity (Wildman–Crippen MR) is 75.4 cm³/mol. The molecule has 0 saturated heterocycles. The van der Waals surface area contributed by atoms with E-state index < -0.39 is 12.1 Å². The van der Waals surface area contributed by atoms with Crippen molar-refractivity contribution in [2.45, 2.75) is 13.0 Å². The zero-order valence-electron chi connectivity index (χ0n) is 11.7. The molecule has 1 N–H and O–H groups in total. The van der Waals surface area contributed by atoms with Crippen molar-refractivity contribution >= 4 is 21.9 Å². The van der Waals surface area contributed by atoms with Crippen molar-refractivity contribution in [2.75, 3.05) is 27.9 Å². The molecule has 0 amide bonds. The lowest BCUT2D eigenvalue weighted by Gasteiger charge is -2.19. The number of aliphatic hydroxyl groups is 1. The first-order chi connectivity index (χ1) is 9.51. The maximum atomic E-state index is 11.7. The topological polar surface area (TPSA) is 74.2 Å². The van der Waals surface area contributed by atoms with Crippen molar-refractivity contribution in [1.29, 1.82) is 0 Å². The summed E-state index contributed by atoms with van der Waals surface area (Å²) in [6.45, 7) is 1.83. The maximum Gasteiger partial charge on any atom is 0.339 e. The van der Waals surface area contributed by atoms with E-state index in [4.69, 9.17) is 18.9 Å². The normalized spacial score (nSPS) is 11.7. The van der Waals surface area contributed by atoms with Gasteiger partial charge in [0.05, 0.1) is 38.0 Å². The number of carbonyl (C=O) groups is 1. The molecule has 112 valence electrons. The van der Waals surface area contributed by atoms with Gasteiger partial charge in [0.1, 0.15) is 5.75 Å². The molecular formula is C13H17BrO6. The Kier molecular flexibility index (Phi) is 6.09. The zero-order chi connectivity index (χ0) is 15.3. The second kappa shape index (κ2) is 7.35. The van der Waals surface area contributed by atoms with Gasteiger partial charge in [-0.2, -0.15) is 0 Å². The second-order valence-electron chi connectivity index (χ2n) is 3.70. The molecule has 0 aliphatic carbocycles. The first kappa shape index (κ1) is 16.6. The van der Waals surface area contributed by atoms with Crippen LogP contribution in [0, 0.1) is 0 Å². The maximum absolute atomic E-state index is 11.7. The number of methoxy groups -OCH3 is 3. The number of aliphatic hydroxyl groups excluding tert-OH is 1. The van der Waals surface area contributed by atoms with Crippen LogP contribution in [0.3, 0.4) is 0 Å². The number of hydrogen-bond acceptors (Lipinski definition) is 6. The van der Waals surface area contributed by atoms with Crippen LogP contribution in [0.2, 0.25) is 0 Å². The standard InChI is InChI=1S/C13H17BrO6/c1-5-20-13(16)11(15)9-7(17-2)6-8(18-3)12(19-4)10(9)14/h6,11,15H,5H2,1-4H3. The van der Waals surface area contributed by atoms with E-state index in [1.54, 1.807) is 6.92 Å². The minimum atomic E-state index is -1.49. The monoisotopic (exact) mass is 348 g/mol. The summed E-state index contributed by atoms with van der Waals surface area (Å²) in [5.41, 5.74) is 0.226. The van der Waals surface area contributed by atoms with Crippen molar-refractivity contribution in [3.05, 3.63) is 16.1 Å². The van der Waals surface area contributed by atoms with E-state index in [9.17, 15) is 9.90 Å². The summed E-state index contributed by atoms with van der Waals surface area (Å²) < 4.78 is 20.7. The molecule has 7 heteroatoms. The van der Waals surface area contributed by atoms with E-state index >= 15 is 0 Å². The third kappa shape index (κ3) is 3.16. The zero-order valence-corrected chi connectivity index (χ0v) is 13.3. The highest BCUT2D eigenvalue weighted by Gasteiger charge is 2.29. The summed E-state index contributed by atoms with van der Waals surface area (Å²) in [4.78, 5) is 11.7. The fourth-order valence-electron chi connectivity index (χ4n) is 1.71. The van der Waals surface area contributed by atoms with Gasteiger partial charge in [-0.05, 0) is 22.9 Å². The lowest BCUT2D eigenvalue weighted by molar-refractivity contribution is -0.153. The van der Waals surface area contributed by atoms with Crippen molar-refractivity contribution in [1.82, 2.24) is 0 Å². The molecule has 0 fully saturated rings. The molecule has 20 heavy (non-hydrogen) atoms. The van der Waals surface area contributed by atoms with Gasteiger partial charge >= 0.3 is 5.97 Å². The molecule has 0 aliphatic rings. The highest BCUT2D eigenvalue weighted by molar-refractivity contribution is 9.10. The molecule has 0 radical (unpaired) electrons. The number of ether oxygens (including phenoxy) is 4. The Labute approximate surface area is 125 Å². The van der Waals surface area contributed by atoms with E-state index in [1.165, 1.54) is 27.4 Å². The van der Waals surface area contributed by atoms with Crippen molar-refractivity contribution in [3.8, 4) is 17.2 Å². The lowest BCUT2D eigenvalue weighted by Crippen LogP contribution is -2.17. The van der Waals surface area contributed by atoms with Crippen molar-refractivity contribution in [2.24, 2.45) is 0 Å². The van der Waals surface area contributed by atoms with Gasteiger partial charge in [-0.15, -0.1) is 0 Å².